The summed E-state index contributed by atoms with van der Waals surface area (Å²) in [5.74, 6) is -0.382. The fourth-order valence-corrected chi connectivity index (χ4v) is 2.88. The Morgan fingerprint density at radius 3 is 2.77 bits per heavy atom. The average Bonchev–Trinajstić information content (AvgIpc) is 2.99. The van der Waals surface area contributed by atoms with Gasteiger partial charge in [-0.1, -0.05) is 36.2 Å². The molecule has 1 aliphatic carbocycles. The zero-order valence-electron chi connectivity index (χ0n) is 12.1. The van der Waals surface area contributed by atoms with Crippen molar-refractivity contribution in [1.82, 2.24) is 20.9 Å². The third kappa shape index (κ3) is 3.51. The summed E-state index contributed by atoms with van der Waals surface area (Å²) in [4.78, 5) is 24.1. The van der Waals surface area contributed by atoms with Gasteiger partial charge in [-0.3, -0.25) is 9.59 Å². The molecular weight excluding hydrogens is 308 g/mol. The van der Waals surface area contributed by atoms with Crippen molar-refractivity contribution in [2.24, 2.45) is 10.3 Å². The number of halogens is 1. The zero-order chi connectivity index (χ0) is 16.1. The Morgan fingerprint density at radius 1 is 1.45 bits per heavy atom. The Labute approximate surface area is 132 Å². The van der Waals surface area contributed by atoms with Crippen molar-refractivity contribution in [2.45, 2.75) is 31.6 Å². The quantitative estimate of drug-likeness (QED) is 0.567. The predicted octanol–water partition coefficient (Wildman–Crippen LogP) is 1.87. The molecule has 0 bridgehead atoms. The first-order chi connectivity index (χ1) is 10.5. The lowest BCUT2D eigenvalue weighted by atomic mass is 9.99. The molecule has 0 unspecified atom stereocenters. The fraction of sp³-hybridized carbons (Fsp3) is 0.462. The van der Waals surface area contributed by atoms with Gasteiger partial charge in [-0.15, -0.1) is 0 Å². The molecule has 2 rings (SSSR count). The van der Waals surface area contributed by atoms with Gasteiger partial charge in [0.05, 0.1) is 12.1 Å². The average molecular weight is 325 g/mol. The van der Waals surface area contributed by atoms with Crippen molar-refractivity contribution in [3.63, 3.8) is 0 Å². The third-order valence-electron chi connectivity index (χ3n) is 3.49. The molecule has 1 fully saturated rings. The van der Waals surface area contributed by atoms with Gasteiger partial charge < -0.3 is 5.32 Å². The molecule has 0 atom stereocenters. The van der Waals surface area contributed by atoms with Crippen LogP contribution < -0.4 is 16.3 Å². The van der Waals surface area contributed by atoms with Crippen LogP contribution in [0.4, 0.5) is 0 Å². The van der Waals surface area contributed by atoms with E-state index in [9.17, 15) is 9.59 Å². The summed E-state index contributed by atoms with van der Waals surface area (Å²) in [5, 5.41) is 15.6. The molecule has 1 aliphatic rings. The number of H-pyrrole nitrogens is 1. The molecule has 0 aromatic carbocycles. The predicted molar refractivity (Wildman–Crippen MR) is 81.6 cm³/mol. The van der Waals surface area contributed by atoms with Crippen LogP contribution in [0.2, 0.25) is 5.02 Å². The van der Waals surface area contributed by atoms with E-state index in [1.165, 1.54) is 7.05 Å². The standard InChI is InChI=1S/C13H17ClN6O2/c1-7(17-20-15-2)16-13(22)11-10(14)9(12(21)19-18-11)8-5-3-4-6-8/h8H,1,3-6H2,2H3,(H,15,17)(H,16,22)(H,19,21). The van der Waals surface area contributed by atoms with Crippen molar-refractivity contribution < 1.29 is 4.79 Å². The highest BCUT2D eigenvalue weighted by Gasteiger charge is 2.26. The van der Waals surface area contributed by atoms with Crippen molar-refractivity contribution in [1.29, 1.82) is 0 Å². The van der Waals surface area contributed by atoms with Crippen LogP contribution in [0.5, 0.6) is 0 Å². The largest absolute Gasteiger partial charge is 0.306 e. The van der Waals surface area contributed by atoms with E-state index >= 15 is 0 Å². The Balaban J connectivity index is 2.24. The molecule has 1 aromatic heterocycles. The lowest BCUT2D eigenvalue weighted by molar-refractivity contribution is 0.0957. The molecule has 1 heterocycles. The highest BCUT2D eigenvalue weighted by atomic mass is 35.5. The molecule has 1 saturated carbocycles. The van der Waals surface area contributed by atoms with E-state index < -0.39 is 5.91 Å². The summed E-state index contributed by atoms with van der Waals surface area (Å²) in [6.45, 7) is 3.57. The normalized spacial score (nSPS) is 15.2. The Bertz CT molecular complexity index is 663. The van der Waals surface area contributed by atoms with Crippen LogP contribution >= 0.6 is 11.6 Å². The van der Waals surface area contributed by atoms with Gasteiger partial charge in [0.15, 0.2) is 5.69 Å². The molecule has 0 aliphatic heterocycles. The summed E-state index contributed by atoms with van der Waals surface area (Å²) in [6, 6.07) is 0. The Kier molecular flexibility index (Phi) is 5.26. The molecule has 0 spiro atoms. The zero-order valence-corrected chi connectivity index (χ0v) is 12.9. The van der Waals surface area contributed by atoms with E-state index in [-0.39, 0.29) is 28.0 Å². The van der Waals surface area contributed by atoms with Crippen molar-refractivity contribution in [2.75, 3.05) is 7.05 Å². The molecule has 1 aromatic rings. The summed E-state index contributed by atoms with van der Waals surface area (Å²) >= 11 is 6.24. The van der Waals surface area contributed by atoms with Crippen LogP contribution in [0.25, 0.3) is 0 Å². The number of aromatic nitrogens is 2. The first kappa shape index (κ1) is 16.2. The second-order valence-corrected chi connectivity index (χ2v) is 5.33. The maximum absolute atomic E-state index is 12.2. The highest BCUT2D eigenvalue weighted by molar-refractivity contribution is 6.34. The van der Waals surface area contributed by atoms with Gasteiger partial charge >= 0.3 is 0 Å². The number of hydrogen-bond donors (Lipinski definition) is 3. The van der Waals surface area contributed by atoms with Gasteiger partial charge in [0.1, 0.15) is 5.82 Å². The summed E-state index contributed by atoms with van der Waals surface area (Å²) in [7, 11) is 1.47. The molecule has 1 amide bonds. The van der Waals surface area contributed by atoms with Crippen molar-refractivity contribution in [3.05, 3.63) is 39.0 Å². The molecular formula is C13H17ClN6O2. The Hall–Kier alpha value is -2.22. The number of nitrogens with zero attached hydrogens (tertiary/aromatic N) is 3. The van der Waals surface area contributed by atoms with Crippen LogP contribution in [0.3, 0.4) is 0 Å². The number of hydrogen-bond acceptors (Lipinski definition) is 5. The van der Waals surface area contributed by atoms with Crippen LogP contribution in [0.15, 0.2) is 27.5 Å². The van der Waals surface area contributed by atoms with Gasteiger partial charge in [0.2, 0.25) is 0 Å². The van der Waals surface area contributed by atoms with E-state index in [1.807, 2.05) is 0 Å². The number of aromatic amines is 1. The van der Waals surface area contributed by atoms with Crippen molar-refractivity contribution >= 4 is 17.5 Å². The number of nitrogens with one attached hydrogen (secondary N) is 3. The summed E-state index contributed by atoms with van der Waals surface area (Å²) in [5.41, 5.74) is 2.47. The molecule has 3 N–H and O–H groups in total. The highest BCUT2D eigenvalue weighted by Crippen LogP contribution is 2.36. The second-order valence-electron chi connectivity index (χ2n) is 4.95. The number of carbonyl (C=O) groups is 1. The minimum Gasteiger partial charge on any atom is -0.306 e. The second kappa shape index (κ2) is 7.17. The molecule has 0 radical (unpaired) electrons. The van der Waals surface area contributed by atoms with Crippen LogP contribution in [-0.4, -0.2) is 23.2 Å². The first-order valence-corrected chi connectivity index (χ1v) is 7.25. The number of carbonyl (C=O) groups excluding carboxylic acids is 1. The molecule has 0 saturated heterocycles. The maximum atomic E-state index is 12.2. The van der Waals surface area contributed by atoms with Gasteiger partial charge in [0.25, 0.3) is 11.5 Å². The van der Waals surface area contributed by atoms with Gasteiger partial charge in [-0.05, 0) is 18.8 Å². The molecule has 8 nitrogen and oxygen atoms in total. The minimum atomic E-state index is -0.579. The minimum absolute atomic E-state index is 0.0421. The van der Waals surface area contributed by atoms with E-state index in [2.05, 4.69) is 37.9 Å². The van der Waals surface area contributed by atoms with E-state index in [0.29, 0.717) is 5.56 Å². The maximum Gasteiger partial charge on any atom is 0.278 e. The molecule has 9 heteroatoms. The fourth-order valence-electron chi connectivity index (χ4n) is 2.51. The number of rotatable bonds is 5. The third-order valence-corrected chi connectivity index (χ3v) is 3.87. The van der Waals surface area contributed by atoms with Crippen LogP contribution in [0.1, 0.15) is 47.7 Å². The van der Waals surface area contributed by atoms with Gasteiger partial charge in [-0.25, -0.2) is 10.5 Å². The van der Waals surface area contributed by atoms with Gasteiger partial charge in [0, 0.05) is 5.56 Å². The molecule has 118 valence electrons. The van der Waals surface area contributed by atoms with E-state index in [4.69, 9.17) is 11.6 Å². The van der Waals surface area contributed by atoms with E-state index in [0.717, 1.165) is 25.7 Å². The lowest BCUT2D eigenvalue weighted by Crippen LogP contribution is -2.31. The first-order valence-electron chi connectivity index (χ1n) is 6.87. The van der Waals surface area contributed by atoms with Crippen LogP contribution in [-0.2, 0) is 0 Å². The summed E-state index contributed by atoms with van der Waals surface area (Å²) in [6.07, 6.45) is 3.87. The number of amides is 1. The van der Waals surface area contributed by atoms with Crippen molar-refractivity contribution in [3.8, 4) is 0 Å². The smallest absolute Gasteiger partial charge is 0.278 e. The van der Waals surface area contributed by atoms with E-state index in [1.54, 1.807) is 0 Å². The Morgan fingerprint density at radius 2 is 2.14 bits per heavy atom. The van der Waals surface area contributed by atoms with Gasteiger partial charge in [-0.2, -0.15) is 10.2 Å². The molecule has 22 heavy (non-hydrogen) atoms. The SMILES string of the molecule is C=C(N/N=N\C)NC(=O)c1n[nH]c(=O)c(C2CCCC2)c1Cl. The monoisotopic (exact) mass is 324 g/mol. The summed E-state index contributed by atoms with van der Waals surface area (Å²) < 4.78 is 0. The van der Waals surface area contributed by atoms with Crippen LogP contribution in [0, 0.1) is 0 Å². The topological polar surface area (TPSA) is 112 Å². The lowest BCUT2D eigenvalue weighted by Gasteiger charge is -2.13.